The summed E-state index contributed by atoms with van der Waals surface area (Å²) in [6.07, 6.45) is 4.62. The fourth-order valence-electron chi connectivity index (χ4n) is 4.77. The molecule has 3 aromatic rings. The van der Waals surface area contributed by atoms with E-state index in [1.807, 2.05) is 6.07 Å². The molecule has 1 saturated heterocycles. The lowest BCUT2D eigenvalue weighted by Crippen LogP contribution is -2.49. The van der Waals surface area contributed by atoms with E-state index in [0.29, 0.717) is 11.8 Å². The van der Waals surface area contributed by atoms with Gasteiger partial charge in [-0.2, -0.15) is 0 Å². The van der Waals surface area contributed by atoms with Crippen molar-refractivity contribution in [2.75, 3.05) is 31.5 Å². The molecule has 1 aliphatic carbocycles. The number of nitrogens with zero attached hydrogens (tertiary/aromatic N) is 3. The normalized spacial score (nSPS) is 18.0. The van der Waals surface area contributed by atoms with Crippen LogP contribution in [-0.2, 0) is 11.3 Å². The Morgan fingerprint density at radius 2 is 1.87 bits per heavy atom. The Hall–Kier alpha value is -2.44. The summed E-state index contributed by atoms with van der Waals surface area (Å²) in [5.41, 5.74) is 4.75. The maximum atomic E-state index is 12.7. The SMILES string of the molecule is Cc1ccc(Nc2nc3ccccc3s2)cc1CN1CCN(C(=O)C2CCCC2)CC1. The summed E-state index contributed by atoms with van der Waals surface area (Å²) in [6, 6.07) is 14.8. The van der Waals surface area contributed by atoms with Crippen LogP contribution >= 0.6 is 11.3 Å². The first-order valence-corrected chi connectivity index (χ1v) is 12.2. The fraction of sp³-hybridized carbons (Fsp3) is 0.440. The molecule has 1 aliphatic heterocycles. The predicted molar refractivity (Wildman–Crippen MR) is 128 cm³/mol. The molecule has 1 amide bonds. The fourth-order valence-corrected chi connectivity index (χ4v) is 5.65. The minimum absolute atomic E-state index is 0.291. The first-order chi connectivity index (χ1) is 15.2. The molecule has 5 nitrogen and oxygen atoms in total. The highest BCUT2D eigenvalue weighted by Crippen LogP contribution is 2.29. The van der Waals surface area contributed by atoms with Crippen LogP contribution < -0.4 is 5.32 Å². The molecule has 0 bridgehead atoms. The number of benzene rings is 2. The van der Waals surface area contributed by atoms with Crippen LogP contribution in [0.4, 0.5) is 10.8 Å². The number of carbonyl (C=O) groups is 1. The number of hydrogen-bond acceptors (Lipinski definition) is 5. The van der Waals surface area contributed by atoms with Crippen molar-refractivity contribution in [3.05, 3.63) is 53.6 Å². The van der Waals surface area contributed by atoms with Crippen LogP contribution in [0.5, 0.6) is 0 Å². The van der Waals surface area contributed by atoms with Crippen molar-refractivity contribution < 1.29 is 4.79 Å². The van der Waals surface area contributed by atoms with Crippen LogP contribution in [0.2, 0.25) is 0 Å². The molecule has 2 heterocycles. The first kappa shape index (κ1) is 20.5. The highest BCUT2D eigenvalue weighted by Gasteiger charge is 2.29. The monoisotopic (exact) mass is 434 g/mol. The minimum atomic E-state index is 0.291. The number of amides is 1. The van der Waals surface area contributed by atoms with E-state index < -0.39 is 0 Å². The standard InChI is InChI=1S/C25H30N4OS/c1-18-10-11-21(26-25-27-22-8-4-5-9-23(22)31-25)16-20(18)17-28-12-14-29(15-13-28)24(30)19-6-2-3-7-19/h4-5,8-11,16,19H,2-3,6-7,12-15,17H2,1H3,(H,26,27). The molecule has 0 radical (unpaired) electrons. The van der Waals surface area contributed by atoms with Crippen LogP contribution in [0, 0.1) is 12.8 Å². The first-order valence-electron chi connectivity index (χ1n) is 11.4. The van der Waals surface area contributed by atoms with Gasteiger partial charge in [0.05, 0.1) is 10.2 Å². The van der Waals surface area contributed by atoms with Gasteiger partial charge in [-0.15, -0.1) is 0 Å². The number of rotatable bonds is 5. The Morgan fingerprint density at radius 3 is 2.65 bits per heavy atom. The average molecular weight is 435 g/mol. The van der Waals surface area contributed by atoms with Crippen LogP contribution in [-0.4, -0.2) is 46.9 Å². The Bertz CT molecular complexity index is 1030. The van der Waals surface area contributed by atoms with Crippen molar-refractivity contribution >= 4 is 38.3 Å². The summed E-state index contributed by atoms with van der Waals surface area (Å²) in [4.78, 5) is 22.0. The van der Waals surface area contributed by atoms with Gasteiger partial charge in [0.25, 0.3) is 0 Å². The predicted octanol–water partition coefficient (Wildman–Crippen LogP) is 5.18. The van der Waals surface area contributed by atoms with E-state index in [-0.39, 0.29) is 0 Å². The number of aryl methyl sites for hydroxylation is 1. The van der Waals surface area contributed by atoms with Gasteiger partial charge in [0.15, 0.2) is 5.13 Å². The van der Waals surface area contributed by atoms with E-state index in [9.17, 15) is 4.79 Å². The van der Waals surface area contributed by atoms with E-state index in [2.05, 4.69) is 58.4 Å². The lowest BCUT2D eigenvalue weighted by Gasteiger charge is -2.36. The Kier molecular flexibility index (Phi) is 5.92. The quantitative estimate of drug-likeness (QED) is 0.601. The van der Waals surface area contributed by atoms with Crippen molar-refractivity contribution in [1.82, 2.24) is 14.8 Å². The van der Waals surface area contributed by atoms with Gasteiger partial charge in [-0.3, -0.25) is 9.69 Å². The third kappa shape index (κ3) is 4.60. The van der Waals surface area contributed by atoms with Crippen molar-refractivity contribution in [3.8, 4) is 0 Å². The Balaban J connectivity index is 1.21. The number of carbonyl (C=O) groups excluding carboxylic acids is 1. The molecule has 1 N–H and O–H groups in total. The number of para-hydroxylation sites is 1. The van der Waals surface area contributed by atoms with Gasteiger partial charge in [-0.05, 0) is 55.2 Å². The zero-order valence-corrected chi connectivity index (χ0v) is 19.0. The third-order valence-electron chi connectivity index (χ3n) is 6.68. The molecular formula is C25H30N4OS. The Morgan fingerprint density at radius 1 is 1.10 bits per heavy atom. The molecule has 31 heavy (non-hydrogen) atoms. The van der Waals surface area contributed by atoms with Crippen molar-refractivity contribution in [2.24, 2.45) is 5.92 Å². The van der Waals surface area contributed by atoms with Crippen LogP contribution in [0.1, 0.15) is 36.8 Å². The maximum Gasteiger partial charge on any atom is 0.225 e. The number of hydrogen-bond donors (Lipinski definition) is 1. The molecular weight excluding hydrogens is 404 g/mol. The molecule has 5 rings (SSSR count). The van der Waals surface area contributed by atoms with Gasteiger partial charge in [-0.25, -0.2) is 4.98 Å². The molecule has 0 unspecified atom stereocenters. The summed E-state index contributed by atoms with van der Waals surface area (Å²) >= 11 is 1.68. The van der Waals surface area contributed by atoms with Crippen molar-refractivity contribution in [2.45, 2.75) is 39.2 Å². The molecule has 1 aromatic heterocycles. The van der Waals surface area contributed by atoms with Gasteiger partial charge in [0.1, 0.15) is 0 Å². The number of piperazine rings is 1. The smallest absolute Gasteiger partial charge is 0.225 e. The molecule has 2 aliphatic rings. The summed E-state index contributed by atoms with van der Waals surface area (Å²) < 4.78 is 1.20. The molecule has 162 valence electrons. The number of thiazole rings is 1. The molecule has 1 saturated carbocycles. The van der Waals surface area contributed by atoms with E-state index in [1.165, 1.54) is 28.7 Å². The maximum absolute atomic E-state index is 12.7. The van der Waals surface area contributed by atoms with Crippen LogP contribution in [0.15, 0.2) is 42.5 Å². The second-order valence-corrected chi connectivity index (χ2v) is 9.87. The number of anilines is 2. The molecule has 0 spiro atoms. The van der Waals surface area contributed by atoms with Crippen LogP contribution in [0.3, 0.4) is 0 Å². The van der Waals surface area contributed by atoms with E-state index in [0.717, 1.165) is 61.9 Å². The highest BCUT2D eigenvalue weighted by molar-refractivity contribution is 7.22. The second-order valence-electron chi connectivity index (χ2n) is 8.84. The highest BCUT2D eigenvalue weighted by atomic mass is 32.1. The number of aromatic nitrogens is 1. The zero-order valence-electron chi connectivity index (χ0n) is 18.1. The lowest BCUT2D eigenvalue weighted by atomic mass is 10.1. The Labute approximate surface area is 188 Å². The van der Waals surface area contributed by atoms with E-state index in [4.69, 9.17) is 4.98 Å². The lowest BCUT2D eigenvalue weighted by molar-refractivity contribution is -0.137. The molecule has 2 fully saturated rings. The topological polar surface area (TPSA) is 48.5 Å². The van der Waals surface area contributed by atoms with Gasteiger partial charge >= 0.3 is 0 Å². The average Bonchev–Trinajstić information content (AvgIpc) is 3.46. The molecule has 6 heteroatoms. The third-order valence-corrected chi connectivity index (χ3v) is 7.63. The molecule has 2 aromatic carbocycles. The summed E-state index contributed by atoms with van der Waals surface area (Å²) in [5.74, 6) is 0.689. The van der Waals surface area contributed by atoms with E-state index in [1.54, 1.807) is 11.3 Å². The van der Waals surface area contributed by atoms with Crippen molar-refractivity contribution in [1.29, 1.82) is 0 Å². The van der Waals surface area contributed by atoms with Crippen LogP contribution in [0.25, 0.3) is 10.2 Å². The van der Waals surface area contributed by atoms with Crippen molar-refractivity contribution in [3.63, 3.8) is 0 Å². The van der Waals surface area contributed by atoms with Gasteiger partial charge in [-0.1, -0.05) is 42.4 Å². The second kappa shape index (κ2) is 8.97. The van der Waals surface area contributed by atoms with E-state index >= 15 is 0 Å². The molecule has 0 atom stereocenters. The largest absolute Gasteiger partial charge is 0.340 e. The number of fused-ring (bicyclic) bond motifs is 1. The zero-order chi connectivity index (χ0) is 21.2. The van der Waals surface area contributed by atoms with Gasteiger partial charge < -0.3 is 10.2 Å². The summed E-state index contributed by atoms with van der Waals surface area (Å²) in [6.45, 7) is 6.72. The summed E-state index contributed by atoms with van der Waals surface area (Å²) in [5, 5.41) is 4.41. The minimum Gasteiger partial charge on any atom is -0.340 e. The number of nitrogens with one attached hydrogen (secondary N) is 1. The van der Waals surface area contributed by atoms with Gasteiger partial charge in [0.2, 0.25) is 5.91 Å². The summed E-state index contributed by atoms with van der Waals surface area (Å²) in [7, 11) is 0. The van der Waals surface area contributed by atoms with Gasteiger partial charge in [0, 0.05) is 44.3 Å².